The van der Waals surface area contributed by atoms with Crippen LogP contribution in [0, 0.1) is 5.82 Å². The number of nitrogens with zero attached hydrogens (tertiary/aromatic N) is 1. The molecule has 2 aromatic carbocycles. The maximum atomic E-state index is 12.9. The van der Waals surface area contributed by atoms with Crippen LogP contribution < -0.4 is 14.9 Å². The zero-order valence-corrected chi connectivity index (χ0v) is 16.8. The number of hydrogen-bond donors (Lipinski definition) is 2. The quantitative estimate of drug-likeness (QED) is 0.670. The van der Waals surface area contributed by atoms with Gasteiger partial charge in [0.15, 0.2) is 0 Å². The lowest BCUT2D eigenvalue weighted by Gasteiger charge is -2.17. The van der Waals surface area contributed by atoms with Crippen molar-refractivity contribution in [1.29, 1.82) is 0 Å². The Balaban J connectivity index is 1.52. The van der Waals surface area contributed by atoms with E-state index in [1.165, 1.54) is 37.4 Å². The van der Waals surface area contributed by atoms with Gasteiger partial charge in [0, 0.05) is 30.8 Å². The number of hydrogen-bond acceptors (Lipinski definition) is 4. The van der Waals surface area contributed by atoms with Crippen LogP contribution in [-0.2, 0) is 21.2 Å². The lowest BCUT2D eigenvalue weighted by molar-refractivity contribution is -0.118. The van der Waals surface area contributed by atoms with Crippen molar-refractivity contribution >= 4 is 27.5 Å². The van der Waals surface area contributed by atoms with E-state index in [0.717, 1.165) is 11.3 Å². The van der Waals surface area contributed by atoms with E-state index >= 15 is 0 Å². The Labute approximate surface area is 169 Å². The minimum absolute atomic E-state index is 0.0796. The Kier molecular flexibility index (Phi) is 6.29. The predicted octanol–water partition coefficient (Wildman–Crippen LogP) is 1.83. The number of amides is 2. The second-order valence-electron chi connectivity index (χ2n) is 6.66. The first-order valence-electron chi connectivity index (χ1n) is 9.22. The van der Waals surface area contributed by atoms with Crippen molar-refractivity contribution in [1.82, 2.24) is 10.0 Å². The average molecular weight is 419 g/mol. The summed E-state index contributed by atoms with van der Waals surface area (Å²) in [4.78, 5) is 26.3. The number of fused-ring (bicyclic) bond motifs is 1. The van der Waals surface area contributed by atoms with Crippen molar-refractivity contribution < 1.29 is 22.4 Å². The molecule has 0 aromatic heterocycles. The molecule has 0 aliphatic carbocycles. The standard InChI is InChI=1S/C20H22FN3O4S/c1-22-29(27,28)17-8-9-18-15(13-17)10-12-24(18)19(25)3-2-11-23-20(26)14-4-6-16(21)7-5-14/h4-9,13,22H,2-3,10-12H2,1H3,(H,23,26). The third-order valence-electron chi connectivity index (χ3n) is 4.79. The van der Waals surface area contributed by atoms with Crippen LogP contribution in [-0.4, -0.2) is 40.4 Å². The van der Waals surface area contributed by atoms with E-state index in [1.807, 2.05) is 0 Å². The van der Waals surface area contributed by atoms with Crippen molar-refractivity contribution in [3.63, 3.8) is 0 Å². The highest BCUT2D eigenvalue weighted by atomic mass is 32.2. The van der Waals surface area contributed by atoms with Gasteiger partial charge in [0.2, 0.25) is 15.9 Å². The van der Waals surface area contributed by atoms with Crippen molar-refractivity contribution in [3.05, 3.63) is 59.4 Å². The van der Waals surface area contributed by atoms with Crippen molar-refractivity contribution in [2.24, 2.45) is 0 Å². The Morgan fingerprint density at radius 1 is 1.14 bits per heavy atom. The molecule has 1 aliphatic heterocycles. The minimum atomic E-state index is -3.52. The number of rotatable bonds is 7. The summed E-state index contributed by atoms with van der Waals surface area (Å²) in [7, 11) is -2.17. The predicted molar refractivity (Wildman–Crippen MR) is 107 cm³/mol. The van der Waals surface area contributed by atoms with Crippen molar-refractivity contribution in [2.45, 2.75) is 24.2 Å². The van der Waals surface area contributed by atoms with Crippen molar-refractivity contribution in [2.75, 3.05) is 25.0 Å². The summed E-state index contributed by atoms with van der Waals surface area (Å²) in [5, 5.41) is 2.71. The second kappa shape index (κ2) is 8.71. The smallest absolute Gasteiger partial charge is 0.251 e. The molecule has 0 spiro atoms. The molecule has 0 atom stereocenters. The summed E-state index contributed by atoms with van der Waals surface area (Å²) in [5.74, 6) is -0.806. The maximum Gasteiger partial charge on any atom is 0.251 e. The van der Waals surface area contributed by atoms with Gasteiger partial charge < -0.3 is 10.2 Å². The van der Waals surface area contributed by atoms with Gasteiger partial charge >= 0.3 is 0 Å². The Morgan fingerprint density at radius 3 is 2.55 bits per heavy atom. The lowest BCUT2D eigenvalue weighted by atomic mass is 10.2. The van der Waals surface area contributed by atoms with Crippen LogP contribution >= 0.6 is 0 Å². The van der Waals surface area contributed by atoms with Gasteiger partial charge in [0.05, 0.1) is 4.90 Å². The van der Waals surface area contributed by atoms with Gasteiger partial charge in [-0.3, -0.25) is 9.59 Å². The van der Waals surface area contributed by atoms with E-state index in [9.17, 15) is 22.4 Å². The van der Waals surface area contributed by atoms with Gasteiger partial charge in [0.1, 0.15) is 5.82 Å². The molecule has 0 bridgehead atoms. The first kappa shape index (κ1) is 20.9. The summed E-state index contributed by atoms with van der Waals surface area (Å²) < 4.78 is 39.0. The maximum absolute atomic E-state index is 12.9. The SMILES string of the molecule is CNS(=O)(=O)c1ccc2c(c1)CCN2C(=O)CCCNC(=O)c1ccc(F)cc1. The average Bonchev–Trinajstić information content (AvgIpc) is 3.14. The van der Waals surface area contributed by atoms with Gasteiger partial charge in [0.25, 0.3) is 5.91 Å². The molecular weight excluding hydrogens is 397 g/mol. The van der Waals surface area contributed by atoms with Gasteiger partial charge in [-0.1, -0.05) is 0 Å². The van der Waals surface area contributed by atoms with Gasteiger partial charge in [-0.15, -0.1) is 0 Å². The Morgan fingerprint density at radius 2 is 1.86 bits per heavy atom. The molecule has 0 fully saturated rings. The molecule has 0 saturated carbocycles. The third-order valence-corrected chi connectivity index (χ3v) is 6.20. The number of benzene rings is 2. The topological polar surface area (TPSA) is 95.6 Å². The summed E-state index contributed by atoms with van der Waals surface area (Å²) in [6.45, 7) is 0.821. The van der Waals surface area contributed by atoms with E-state index in [2.05, 4.69) is 10.0 Å². The zero-order chi connectivity index (χ0) is 21.0. The highest BCUT2D eigenvalue weighted by molar-refractivity contribution is 7.89. The van der Waals surface area contributed by atoms with Crippen LogP contribution in [0.1, 0.15) is 28.8 Å². The lowest BCUT2D eigenvalue weighted by Crippen LogP contribution is -2.30. The number of nitrogens with one attached hydrogen (secondary N) is 2. The minimum Gasteiger partial charge on any atom is -0.352 e. The molecule has 29 heavy (non-hydrogen) atoms. The molecule has 9 heteroatoms. The number of anilines is 1. The Hall–Kier alpha value is -2.78. The van der Waals surface area contributed by atoms with Crippen LogP contribution in [0.15, 0.2) is 47.4 Å². The summed E-state index contributed by atoms with van der Waals surface area (Å²) in [6, 6.07) is 9.98. The molecule has 3 rings (SSSR count). The van der Waals surface area contributed by atoms with Gasteiger partial charge in [-0.2, -0.15) is 0 Å². The number of halogens is 1. The summed E-state index contributed by atoms with van der Waals surface area (Å²) in [5.41, 5.74) is 1.90. The van der Waals surface area contributed by atoms with Crippen molar-refractivity contribution in [3.8, 4) is 0 Å². The summed E-state index contributed by atoms with van der Waals surface area (Å²) >= 11 is 0. The van der Waals surface area contributed by atoms with E-state index in [1.54, 1.807) is 17.0 Å². The fraction of sp³-hybridized carbons (Fsp3) is 0.300. The molecule has 154 valence electrons. The van der Waals surface area contributed by atoms with E-state index in [-0.39, 0.29) is 23.1 Å². The monoisotopic (exact) mass is 419 g/mol. The first-order chi connectivity index (χ1) is 13.8. The fourth-order valence-corrected chi connectivity index (χ4v) is 3.98. The summed E-state index contributed by atoms with van der Waals surface area (Å²) in [6.07, 6.45) is 1.30. The van der Waals surface area contributed by atoms with Crippen LogP contribution in [0.5, 0.6) is 0 Å². The van der Waals surface area contributed by atoms with Crippen LogP contribution in [0.4, 0.5) is 10.1 Å². The zero-order valence-electron chi connectivity index (χ0n) is 15.9. The van der Waals surface area contributed by atoms with Crippen LogP contribution in [0.2, 0.25) is 0 Å². The fourth-order valence-electron chi connectivity index (χ4n) is 3.20. The third kappa shape index (κ3) is 4.80. The van der Waals surface area contributed by atoms with Gasteiger partial charge in [-0.25, -0.2) is 17.5 Å². The first-order valence-corrected chi connectivity index (χ1v) is 10.7. The molecule has 7 nitrogen and oxygen atoms in total. The molecule has 1 heterocycles. The molecule has 2 aromatic rings. The highest BCUT2D eigenvalue weighted by Crippen LogP contribution is 2.30. The largest absolute Gasteiger partial charge is 0.352 e. The molecule has 0 saturated heterocycles. The molecule has 0 unspecified atom stereocenters. The number of sulfonamides is 1. The molecule has 1 aliphatic rings. The normalized spacial score (nSPS) is 13.2. The van der Waals surface area contributed by atoms with Crippen LogP contribution in [0.25, 0.3) is 0 Å². The molecule has 2 amide bonds. The van der Waals surface area contributed by atoms with E-state index < -0.39 is 15.8 Å². The van der Waals surface area contributed by atoms with Gasteiger partial charge in [-0.05, 0) is 67.9 Å². The molecular formula is C20H22FN3O4S. The second-order valence-corrected chi connectivity index (χ2v) is 8.55. The Bertz CT molecular complexity index is 1020. The number of carbonyl (C=O) groups is 2. The van der Waals surface area contributed by atoms with E-state index in [4.69, 9.17) is 0 Å². The van der Waals surface area contributed by atoms with E-state index in [0.29, 0.717) is 31.5 Å². The molecule has 2 N–H and O–H groups in total. The number of carbonyl (C=O) groups excluding carboxylic acids is 2. The van der Waals surface area contributed by atoms with Crippen LogP contribution in [0.3, 0.4) is 0 Å². The molecule has 0 radical (unpaired) electrons. The highest BCUT2D eigenvalue weighted by Gasteiger charge is 2.26.